The van der Waals surface area contributed by atoms with E-state index in [0.29, 0.717) is 5.56 Å². The second-order valence-corrected chi connectivity index (χ2v) is 5.60. The van der Waals surface area contributed by atoms with Crippen LogP contribution in [-0.2, 0) is 0 Å². The van der Waals surface area contributed by atoms with Gasteiger partial charge in [-0.05, 0) is 37.6 Å². The molecule has 2 atom stereocenters. The summed E-state index contributed by atoms with van der Waals surface area (Å²) in [7, 11) is 0. The lowest BCUT2D eigenvalue weighted by molar-refractivity contribution is 0.474. The van der Waals surface area contributed by atoms with Gasteiger partial charge in [0.2, 0.25) is 0 Å². The maximum atomic E-state index is 13.7. The van der Waals surface area contributed by atoms with Gasteiger partial charge in [0.15, 0.2) is 0 Å². The van der Waals surface area contributed by atoms with Crippen LogP contribution in [0.15, 0.2) is 53.0 Å². The predicted molar refractivity (Wildman–Crippen MR) is 80.5 cm³/mol. The molecule has 2 rings (SSSR count). The molecular weight excluding hydrogens is 305 g/mol. The highest BCUT2D eigenvalue weighted by Crippen LogP contribution is 2.23. The Labute approximate surface area is 122 Å². The third kappa shape index (κ3) is 3.64. The largest absolute Gasteiger partial charge is 0.304 e. The van der Waals surface area contributed by atoms with Gasteiger partial charge in [-0.3, -0.25) is 0 Å². The SMILES string of the molecule is CC(N[C@H](C)c1cccc(Br)c1)c1ccccc1F. The van der Waals surface area contributed by atoms with Gasteiger partial charge in [0.25, 0.3) is 0 Å². The smallest absolute Gasteiger partial charge is 0.127 e. The molecule has 2 aromatic carbocycles. The zero-order chi connectivity index (χ0) is 13.8. The van der Waals surface area contributed by atoms with Crippen molar-refractivity contribution < 1.29 is 4.39 Å². The molecule has 1 N–H and O–H groups in total. The first-order valence-corrected chi connectivity index (χ1v) is 7.13. The van der Waals surface area contributed by atoms with Gasteiger partial charge < -0.3 is 5.32 Å². The third-order valence-electron chi connectivity index (χ3n) is 3.22. The van der Waals surface area contributed by atoms with Gasteiger partial charge in [0.05, 0.1) is 0 Å². The number of halogens is 2. The van der Waals surface area contributed by atoms with Crippen molar-refractivity contribution in [1.82, 2.24) is 5.32 Å². The molecule has 0 saturated heterocycles. The normalized spacial score (nSPS) is 14.1. The van der Waals surface area contributed by atoms with Crippen molar-refractivity contribution in [2.75, 3.05) is 0 Å². The van der Waals surface area contributed by atoms with E-state index in [0.717, 1.165) is 4.47 Å². The van der Waals surface area contributed by atoms with Crippen LogP contribution in [0.4, 0.5) is 4.39 Å². The first kappa shape index (κ1) is 14.2. The average molecular weight is 322 g/mol. The lowest BCUT2D eigenvalue weighted by Gasteiger charge is -2.21. The summed E-state index contributed by atoms with van der Waals surface area (Å²) in [6, 6.07) is 15.2. The van der Waals surface area contributed by atoms with E-state index in [2.05, 4.69) is 40.3 Å². The van der Waals surface area contributed by atoms with E-state index in [1.165, 1.54) is 11.6 Å². The molecule has 0 radical (unpaired) electrons. The van der Waals surface area contributed by atoms with E-state index < -0.39 is 0 Å². The van der Waals surface area contributed by atoms with Crippen molar-refractivity contribution in [1.29, 1.82) is 0 Å². The van der Waals surface area contributed by atoms with Crippen molar-refractivity contribution in [3.63, 3.8) is 0 Å². The highest BCUT2D eigenvalue weighted by atomic mass is 79.9. The van der Waals surface area contributed by atoms with Crippen LogP contribution < -0.4 is 5.32 Å². The molecule has 0 saturated carbocycles. The summed E-state index contributed by atoms with van der Waals surface area (Å²) in [5.74, 6) is -0.163. The maximum Gasteiger partial charge on any atom is 0.127 e. The molecule has 0 aromatic heterocycles. The second-order valence-electron chi connectivity index (χ2n) is 4.69. The van der Waals surface area contributed by atoms with Gasteiger partial charge in [0, 0.05) is 22.1 Å². The minimum absolute atomic E-state index is 0.0322. The van der Waals surface area contributed by atoms with Gasteiger partial charge in [0.1, 0.15) is 5.82 Å². The van der Waals surface area contributed by atoms with Crippen LogP contribution >= 0.6 is 15.9 Å². The van der Waals surface area contributed by atoms with Crippen LogP contribution in [0.5, 0.6) is 0 Å². The molecule has 0 heterocycles. The van der Waals surface area contributed by atoms with Crippen LogP contribution in [-0.4, -0.2) is 0 Å². The predicted octanol–water partition coefficient (Wildman–Crippen LogP) is 5.00. The van der Waals surface area contributed by atoms with Crippen molar-refractivity contribution in [3.8, 4) is 0 Å². The molecule has 0 bridgehead atoms. The highest BCUT2D eigenvalue weighted by molar-refractivity contribution is 9.10. The minimum atomic E-state index is -0.163. The Hall–Kier alpha value is -1.19. The Morgan fingerprint density at radius 2 is 1.74 bits per heavy atom. The van der Waals surface area contributed by atoms with E-state index in [9.17, 15) is 4.39 Å². The average Bonchev–Trinajstić information content (AvgIpc) is 2.39. The zero-order valence-corrected chi connectivity index (χ0v) is 12.6. The van der Waals surface area contributed by atoms with Crippen LogP contribution in [0.1, 0.15) is 37.1 Å². The van der Waals surface area contributed by atoms with Crippen LogP contribution in [0, 0.1) is 5.82 Å². The van der Waals surface area contributed by atoms with E-state index in [-0.39, 0.29) is 17.9 Å². The highest BCUT2D eigenvalue weighted by Gasteiger charge is 2.14. The molecule has 1 unspecified atom stereocenters. The van der Waals surface area contributed by atoms with Crippen molar-refractivity contribution in [3.05, 3.63) is 69.9 Å². The molecule has 0 spiro atoms. The van der Waals surface area contributed by atoms with E-state index in [1.54, 1.807) is 6.07 Å². The molecular formula is C16H17BrFN. The number of hydrogen-bond donors (Lipinski definition) is 1. The topological polar surface area (TPSA) is 12.0 Å². The van der Waals surface area contributed by atoms with Gasteiger partial charge in [-0.1, -0.05) is 46.3 Å². The summed E-state index contributed by atoms with van der Waals surface area (Å²) >= 11 is 3.47. The fourth-order valence-corrected chi connectivity index (χ4v) is 2.58. The van der Waals surface area contributed by atoms with Gasteiger partial charge >= 0.3 is 0 Å². The summed E-state index contributed by atoms with van der Waals surface area (Å²) in [6.07, 6.45) is 0. The molecule has 100 valence electrons. The summed E-state index contributed by atoms with van der Waals surface area (Å²) in [4.78, 5) is 0. The number of hydrogen-bond acceptors (Lipinski definition) is 1. The Morgan fingerprint density at radius 1 is 1.00 bits per heavy atom. The summed E-state index contributed by atoms with van der Waals surface area (Å²) in [6.45, 7) is 4.06. The van der Waals surface area contributed by atoms with E-state index >= 15 is 0 Å². The lowest BCUT2D eigenvalue weighted by Crippen LogP contribution is -2.23. The van der Waals surface area contributed by atoms with E-state index in [4.69, 9.17) is 0 Å². The number of rotatable bonds is 4. The molecule has 3 heteroatoms. The monoisotopic (exact) mass is 321 g/mol. The number of benzene rings is 2. The summed E-state index contributed by atoms with van der Waals surface area (Å²) in [5.41, 5.74) is 1.88. The molecule has 0 aliphatic heterocycles. The van der Waals surface area contributed by atoms with Crippen molar-refractivity contribution >= 4 is 15.9 Å². The first-order chi connectivity index (χ1) is 9.08. The van der Waals surface area contributed by atoms with Gasteiger partial charge in [-0.25, -0.2) is 4.39 Å². The van der Waals surface area contributed by atoms with E-state index in [1.807, 2.05) is 31.2 Å². The Bertz CT molecular complexity index is 556. The Morgan fingerprint density at radius 3 is 2.42 bits per heavy atom. The standard InChI is InChI=1S/C16H17BrFN/c1-11(13-6-5-7-14(17)10-13)19-12(2)15-8-3-4-9-16(15)18/h3-12,19H,1-2H3/t11-,12?/m1/s1. The number of nitrogens with one attached hydrogen (secondary N) is 1. The molecule has 0 amide bonds. The van der Waals surface area contributed by atoms with Gasteiger partial charge in [-0.15, -0.1) is 0 Å². The Kier molecular flexibility index (Phi) is 4.72. The first-order valence-electron chi connectivity index (χ1n) is 6.34. The minimum Gasteiger partial charge on any atom is -0.304 e. The van der Waals surface area contributed by atoms with Crippen LogP contribution in [0.25, 0.3) is 0 Å². The fourth-order valence-electron chi connectivity index (χ4n) is 2.16. The second kappa shape index (κ2) is 6.31. The van der Waals surface area contributed by atoms with Crippen LogP contribution in [0.2, 0.25) is 0 Å². The third-order valence-corrected chi connectivity index (χ3v) is 3.71. The summed E-state index contributed by atoms with van der Waals surface area (Å²) < 4.78 is 14.8. The van der Waals surface area contributed by atoms with Gasteiger partial charge in [-0.2, -0.15) is 0 Å². The lowest BCUT2D eigenvalue weighted by atomic mass is 10.0. The summed E-state index contributed by atoms with van der Waals surface area (Å²) in [5, 5.41) is 3.42. The molecule has 0 aliphatic carbocycles. The Balaban J connectivity index is 2.11. The molecule has 2 aromatic rings. The quantitative estimate of drug-likeness (QED) is 0.835. The molecule has 0 fully saturated rings. The zero-order valence-electron chi connectivity index (χ0n) is 11.0. The van der Waals surface area contributed by atoms with Crippen molar-refractivity contribution in [2.24, 2.45) is 0 Å². The molecule has 1 nitrogen and oxygen atoms in total. The molecule has 19 heavy (non-hydrogen) atoms. The molecule has 0 aliphatic rings. The van der Waals surface area contributed by atoms with Crippen molar-refractivity contribution in [2.45, 2.75) is 25.9 Å². The fraction of sp³-hybridized carbons (Fsp3) is 0.250. The maximum absolute atomic E-state index is 13.7. The van der Waals surface area contributed by atoms with Crippen LogP contribution in [0.3, 0.4) is 0 Å².